The minimum absolute atomic E-state index is 0. The fourth-order valence-electron chi connectivity index (χ4n) is 3.12. The summed E-state index contributed by atoms with van der Waals surface area (Å²) in [5.41, 5.74) is 2.21. The topological polar surface area (TPSA) is 51.0 Å². The lowest BCUT2D eigenvalue weighted by atomic mass is 10.2. The number of nitrogens with zero attached hydrogens (tertiary/aromatic N) is 4. The van der Waals surface area contributed by atoms with E-state index < -0.39 is 0 Å². The van der Waals surface area contributed by atoms with E-state index in [1.165, 1.54) is 35.6 Å². The van der Waals surface area contributed by atoms with Crippen molar-refractivity contribution in [2.24, 2.45) is 0 Å². The van der Waals surface area contributed by atoms with E-state index in [1.54, 1.807) is 17.4 Å². The number of rotatable bonds is 6. The van der Waals surface area contributed by atoms with Crippen LogP contribution in [-0.4, -0.2) is 27.0 Å². The zero-order chi connectivity index (χ0) is 20.4. The molecule has 156 valence electrons. The fraction of sp³-hybridized carbons (Fsp3) is 0.190. The Kier molecular flexibility index (Phi) is 7.07. The summed E-state index contributed by atoms with van der Waals surface area (Å²) in [5.74, 6) is -0.586. The Hall–Kier alpha value is -2.48. The Bertz CT molecular complexity index is 1150. The predicted molar refractivity (Wildman–Crippen MR) is 122 cm³/mol. The Morgan fingerprint density at radius 1 is 1.27 bits per heavy atom. The van der Waals surface area contributed by atoms with Crippen LogP contribution < -0.4 is 4.90 Å². The number of hydrogen-bond acceptors (Lipinski definition) is 4. The van der Waals surface area contributed by atoms with Crippen LogP contribution in [0.25, 0.3) is 10.2 Å². The molecule has 1 amide bonds. The molecule has 0 fully saturated rings. The first-order valence-electron chi connectivity index (χ1n) is 9.11. The van der Waals surface area contributed by atoms with E-state index in [0.717, 1.165) is 28.7 Å². The molecule has 5 nitrogen and oxygen atoms in total. The molecule has 2 heterocycles. The summed E-state index contributed by atoms with van der Waals surface area (Å²) in [5, 5.41) is 1.24. The van der Waals surface area contributed by atoms with E-state index in [0.29, 0.717) is 22.3 Å². The van der Waals surface area contributed by atoms with Crippen LogP contribution in [0, 0.1) is 12.7 Å². The normalized spacial score (nSPS) is 10.8. The molecule has 0 saturated heterocycles. The van der Waals surface area contributed by atoms with Crippen molar-refractivity contribution in [3.63, 3.8) is 0 Å². The number of carbonyl (C=O) groups excluding carboxylic acids is 1. The average molecular weight is 465 g/mol. The number of hydrogen-bond donors (Lipinski definition) is 0. The second-order valence-electron chi connectivity index (χ2n) is 6.68. The first-order chi connectivity index (χ1) is 14.0. The fourth-order valence-corrected chi connectivity index (χ4v) is 4.57. The third-order valence-corrected chi connectivity index (χ3v) is 5.81. The largest absolute Gasteiger partial charge is 0.337 e. The van der Waals surface area contributed by atoms with Crippen LogP contribution in [0.3, 0.4) is 0 Å². The summed E-state index contributed by atoms with van der Waals surface area (Å²) in [7, 11) is 0. The number of halogens is 3. The van der Waals surface area contributed by atoms with Gasteiger partial charge in [-0.1, -0.05) is 22.9 Å². The van der Waals surface area contributed by atoms with Crippen molar-refractivity contribution in [2.45, 2.75) is 19.9 Å². The van der Waals surface area contributed by atoms with Crippen molar-refractivity contribution in [3.05, 3.63) is 77.1 Å². The Balaban J connectivity index is 0.00000256. The molecule has 4 aromatic rings. The van der Waals surface area contributed by atoms with E-state index in [4.69, 9.17) is 16.6 Å². The van der Waals surface area contributed by atoms with Gasteiger partial charge in [-0.2, -0.15) is 0 Å². The quantitative estimate of drug-likeness (QED) is 0.364. The summed E-state index contributed by atoms with van der Waals surface area (Å²) in [6, 6.07) is 9.29. The summed E-state index contributed by atoms with van der Waals surface area (Å²) in [4.78, 5) is 23.6. The number of amides is 1. The first kappa shape index (κ1) is 22.2. The lowest BCUT2D eigenvalue weighted by molar-refractivity contribution is 0.0986. The number of carbonyl (C=O) groups is 1. The highest BCUT2D eigenvalue weighted by Gasteiger charge is 2.22. The minimum atomic E-state index is -0.376. The van der Waals surface area contributed by atoms with Crippen LogP contribution in [-0.2, 0) is 6.54 Å². The highest BCUT2D eigenvalue weighted by molar-refractivity contribution is 7.22. The van der Waals surface area contributed by atoms with Crippen LogP contribution in [0.4, 0.5) is 9.52 Å². The standard InChI is InChI=1S/C21H18ClFN4OS.ClH/c1-14-11-16(22)12-18-19(14)25-21(29-18)27(9-2-8-26-10-7-24-13-26)20(28)15-3-5-17(23)6-4-15;/h3-7,10-13H,2,8-9H2,1H3;1H. The number of anilines is 1. The lowest BCUT2D eigenvalue weighted by Gasteiger charge is -2.20. The maximum atomic E-state index is 13.3. The molecule has 30 heavy (non-hydrogen) atoms. The molecule has 0 spiro atoms. The molecule has 0 atom stereocenters. The van der Waals surface area contributed by atoms with Gasteiger partial charge in [0, 0.05) is 36.1 Å². The van der Waals surface area contributed by atoms with Crippen molar-refractivity contribution >= 4 is 56.6 Å². The van der Waals surface area contributed by atoms with Crippen LogP contribution in [0.5, 0.6) is 0 Å². The Labute approximate surface area is 188 Å². The van der Waals surface area contributed by atoms with E-state index in [-0.39, 0.29) is 24.1 Å². The lowest BCUT2D eigenvalue weighted by Crippen LogP contribution is -2.32. The van der Waals surface area contributed by atoms with Crippen LogP contribution in [0.2, 0.25) is 5.02 Å². The molecular weight excluding hydrogens is 446 g/mol. The summed E-state index contributed by atoms with van der Waals surface area (Å²) >= 11 is 7.60. The number of thiazole rings is 1. The number of benzene rings is 2. The van der Waals surface area contributed by atoms with Crippen molar-refractivity contribution in [3.8, 4) is 0 Å². The third-order valence-electron chi connectivity index (χ3n) is 4.56. The van der Waals surface area contributed by atoms with Gasteiger partial charge >= 0.3 is 0 Å². The monoisotopic (exact) mass is 464 g/mol. The summed E-state index contributed by atoms with van der Waals surface area (Å²) in [6.07, 6.45) is 6.07. The zero-order valence-corrected chi connectivity index (χ0v) is 18.5. The third kappa shape index (κ3) is 4.80. The smallest absolute Gasteiger partial charge is 0.260 e. The summed E-state index contributed by atoms with van der Waals surface area (Å²) in [6.45, 7) is 3.15. The number of fused-ring (bicyclic) bond motifs is 1. The number of imidazole rings is 1. The second kappa shape index (κ2) is 9.55. The second-order valence-corrected chi connectivity index (χ2v) is 8.13. The van der Waals surface area contributed by atoms with Gasteiger partial charge in [-0.15, -0.1) is 12.4 Å². The zero-order valence-electron chi connectivity index (χ0n) is 16.1. The highest BCUT2D eigenvalue weighted by Crippen LogP contribution is 2.33. The van der Waals surface area contributed by atoms with Gasteiger partial charge in [0.15, 0.2) is 5.13 Å². The van der Waals surface area contributed by atoms with Gasteiger partial charge < -0.3 is 4.57 Å². The van der Waals surface area contributed by atoms with Gasteiger partial charge in [0.25, 0.3) is 5.91 Å². The van der Waals surface area contributed by atoms with Gasteiger partial charge in [-0.25, -0.2) is 14.4 Å². The Morgan fingerprint density at radius 2 is 2.03 bits per heavy atom. The molecule has 0 aliphatic carbocycles. The van der Waals surface area contributed by atoms with Gasteiger partial charge in [0.2, 0.25) is 0 Å². The highest BCUT2D eigenvalue weighted by atomic mass is 35.5. The maximum absolute atomic E-state index is 13.3. The molecule has 0 radical (unpaired) electrons. The average Bonchev–Trinajstić information content (AvgIpc) is 3.35. The van der Waals surface area contributed by atoms with Gasteiger partial charge in [0.05, 0.1) is 16.5 Å². The van der Waals surface area contributed by atoms with Crippen molar-refractivity contribution in [2.75, 3.05) is 11.4 Å². The molecular formula is C21H19Cl2FN4OS. The minimum Gasteiger partial charge on any atom is -0.337 e. The molecule has 0 unspecified atom stereocenters. The van der Waals surface area contributed by atoms with Crippen molar-refractivity contribution in [1.82, 2.24) is 14.5 Å². The molecule has 2 aromatic heterocycles. The van der Waals surface area contributed by atoms with Gasteiger partial charge in [-0.3, -0.25) is 9.69 Å². The van der Waals surface area contributed by atoms with Crippen LogP contribution in [0.15, 0.2) is 55.1 Å². The van der Waals surface area contributed by atoms with Gasteiger partial charge in [0.1, 0.15) is 5.82 Å². The molecule has 2 aromatic carbocycles. The molecule has 9 heteroatoms. The molecule has 0 saturated carbocycles. The van der Waals surface area contributed by atoms with E-state index in [2.05, 4.69) is 4.98 Å². The first-order valence-corrected chi connectivity index (χ1v) is 10.3. The predicted octanol–water partition coefficient (Wildman–Crippen LogP) is 5.75. The van der Waals surface area contributed by atoms with E-state index in [9.17, 15) is 9.18 Å². The molecule has 0 N–H and O–H groups in total. The molecule has 0 aliphatic rings. The number of aromatic nitrogens is 3. The molecule has 0 aliphatic heterocycles. The van der Waals surface area contributed by atoms with Gasteiger partial charge in [-0.05, 0) is 55.3 Å². The van der Waals surface area contributed by atoms with Crippen molar-refractivity contribution in [1.29, 1.82) is 0 Å². The van der Waals surface area contributed by atoms with Crippen molar-refractivity contribution < 1.29 is 9.18 Å². The van der Waals surface area contributed by atoms with Crippen LogP contribution in [0.1, 0.15) is 22.3 Å². The number of aryl methyl sites for hydroxylation is 2. The van der Waals surface area contributed by atoms with E-state index in [1.807, 2.05) is 29.8 Å². The van der Waals surface area contributed by atoms with Crippen LogP contribution >= 0.6 is 35.3 Å². The SMILES string of the molecule is Cc1cc(Cl)cc2sc(N(CCCn3ccnc3)C(=O)c3ccc(F)cc3)nc12.Cl. The molecule has 0 bridgehead atoms. The Morgan fingerprint density at radius 3 is 2.73 bits per heavy atom. The van der Waals surface area contributed by atoms with E-state index >= 15 is 0 Å². The maximum Gasteiger partial charge on any atom is 0.260 e. The molecule has 4 rings (SSSR count). The summed E-state index contributed by atoms with van der Waals surface area (Å²) < 4.78 is 16.2.